The number of anilines is 1. The van der Waals surface area contributed by atoms with E-state index >= 15 is 0 Å². The van der Waals surface area contributed by atoms with E-state index in [0.717, 1.165) is 44.2 Å². The lowest BCUT2D eigenvalue weighted by atomic mass is 9.98. The highest BCUT2D eigenvalue weighted by Crippen LogP contribution is 2.34. The van der Waals surface area contributed by atoms with Crippen molar-refractivity contribution >= 4 is 26.7 Å². The van der Waals surface area contributed by atoms with Gasteiger partial charge in [-0.25, -0.2) is 23.1 Å². The fraction of sp³-hybridized carbons (Fsp3) is 0.619. The molecule has 2 aromatic rings. The van der Waals surface area contributed by atoms with E-state index in [9.17, 15) is 21.6 Å². The molecule has 0 amide bonds. The Morgan fingerprint density at radius 1 is 1.06 bits per heavy atom. The molecule has 2 fully saturated rings. The molecule has 1 aromatic carbocycles. The molecular weight excluding hydrogens is 429 g/mol. The Hall–Kier alpha value is -1.94. The predicted octanol–water partition coefficient (Wildman–Crippen LogP) is 4.12. The smallest absolute Gasteiger partial charge is 0.356 e. The van der Waals surface area contributed by atoms with Gasteiger partial charge in [0.25, 0.3) is 0 Å². The molecule has 2 aliphatic rings. The summed E-state index contributed by atoms with van der Waals surface area (Å²) in [6, 6.07) is 3.49. The van der Waals surface area contributed by atoms with E-state index in [2.05, 4.69) is 14.7 Å². The number of fused-ring (bicyclic) bond motifs is 1. The first-order valence-corrected chi connectivity index (χ1v) is 12.3. The van der Waals surface area contributed by atoms with Crippen LogP contribution in [0, 0.1) is 5.92 Å². The zero-order valence-electron chi connectivity index (χ0n) is 17.2. The van der Waals surface area contributed by atoms with Crippen molar-refractivity contribution in [1.29, 1.82) is 0 Å². The first-order chi connectivity index (χ1) is 14.7. The molecule has 1 saturated heterocycles. The number of sulfonamides is 1. The van der Waals surface area contributed by atoms with Gasteiger partial charge >= 0.3 is 6.18 Å². The molecule has 0 radical (unpaired) electrons. The standard InChI is InChI=1S/C21H27F3N4O2S/c22-21(23,24)16-8-9-19-18(11-16)20(26-14-25-19)28-10-4-5-15(13-28)12-27-31(29,30)17-6-2-1-3-7-17/h8-9,11,14-15,17,27H,1-7,10,12-13H2. The monoisotopic (exact) mass is 456 g/mol. The zero-order valence-corrected chi connectivity index (χ0v) is 18.1. The lowest BCUT2D eigenvalue weighted by Crippen LogP contribution is -2.43. The summed E-state index contributed by atoms with van der Waals surface area (Å²) in [6.45, 7) is 1.54. The summed E-state index contributed by atoms with van der Waals surface area (Å²) in [5.41, 5.74) is -0.275. The van der Waals surface area contributed by atoms with Gasteiger partial charge in [-0.15, -0.1) is 0 Å². The van der Waals surface area contributed by atoms with Gasteiger partial charge in [-0.2, -0.15) is 13.2 Å². The molecule has 1 aromatic heterocycles. The average molecular weight is 457 g/mol. The third-order valence-corrected chi connectivity index (χ3v) is 8.24. The molecule has 0 spiro atoms. The molecule has 170 valence electrons. The van der Waals surface area contributed by atoms with Crippen LogP contribution in [0.15, 0.2) is 24.5 Å². The van der Waals surface area contributed by atoms with Crippen molar-refractivity contribution in [1.82, 2.24) is 14.7 Å². The van der Waals surface area contributed by atoms with Crippen molar-refractivity contribution in [3.05, 3.63) is 30.1 Å². The zero-order chi connectivity index (χ0) is 22.1. The van der Waals surface area contributed by atoms with Gasteiger partial charge in [0.1, 0.15) is 12.1 Å². The normalized spacial score (nSPS) is 21.5. The molecule has 1 N–H and O–H groups in total. The Balaban J connectivity index is 1.49. The Morgan fingerprint density at radius 3 is 2.58 bits per heavy atom. The van der Waals surface area contributed by atoms with Gasteiger partial charge in [0.05, 0.1) is 16.3 Å². The van der Waals surface area contributed by atoms with Crippen molar-refractivity contribution < 1.29 is 21.6 Å². The van der Waals surface area contributed by atoms with Gasteiger partial charge < -0.3 is 4.90 Å². The Morgan fingerprint density at radius 2 is 1.84 bits per heavy atom. The lowest BCUT2D eigenvalue weighted by Gasteiger charge is -2.34. The van der Waals surface area contributed by atoms with Gasteiger partial charge in [-0.05, 0) is 49.8 Å². The maximum Gasteiger partial charge on any atom is 0.416 e. The molecule has 1 aliphatic carbocycles. The molecule has 4 rings (SSSR count). The number of piperidine rings is 1. The molecule has 6 nitrogen and oxygen atoms in total. The first-order valence-electron chi connectivity index (χ1n) is 10.8. The number of alkyl halides is 3. The number of benzene rings is 1. The predicted molar refractivity (Wildman–Crippen MR) is 113 cm³/mol. The van der Waals surface area contributed by atoms with Crippen molar-refractivity contribution in [3.63, 3.8) is 0 Å². The van der Waals surface area contributed by atoms with Crippen molar-refractivity contribution in [2.24, 2.45) is 5.92 Å². The van der Waals surface area contributed by atoms with Crippen molar-refractivity contribution in [2.45, 2.75) is 56.4 Å². The fourth-order valence-electron chi connectivity index (χ4n) is 4.62. The Kier molecular flexibility index (Phi) is 6.39. The van der Waals surface area contributed by atoms with E-state index in [1.54, 1.807) is 0 Å². The molecule has 1 atom stereocenters. The van der Waals surface area contributed by atoms with Crippen LogP contribution in [0.2, 0.25) is 0 Å². The molecule has 2 heterocycles. The number of aromatic nitrogens is 2. The largest absolute Gasteiger partial charge is 0.416 e. The average Bonchev–Trinajstić information content (AvgIpc) is 2.77. The summed E-state index contributed by atoms with van der Waals surface area (Å²) in [5.74, 6) is 0.541. The highest BCUT2D eigenvalue weighted by atomic mass is 32.2. The minimum absolute atomic E-state index is 0.0722. The number of nitrogens with zero attached hydrogens (tertiary/aromatic N) is 3. The number of halogens is 3. The number of nitrogens with one attached hydrogen (secondary N) is 1. The molecular formula is C21H27F3N4O2S. The maximum atomic E-state index is 13.2. The Labute approximate surface area is 180 Å². The van der Waals surface area contributed by atoms with E-state index in [4.69, 9.17) is 0 Å². The second kappa shape index (κ2) is 8.90. The van der Waals surface area contributed by atoms with E-state index in [1.807, 2.05) is 4.90 Å². The summed E-state index contributed by atoms with van der Waals surface area (Å²) in [7, 11) is -3.34. The Bertz CT molecular complexity index is 1020. The highest BCUT2D eigenvalue weighted by molar-refractivity contribution is 7.90. The SMILES string of the molecule is O=S(=O)(NCC1CCCN(c2ncnc3ccc(C(F)(F)F)cc23)C1)C1CCCCC1. The van der Waals surface area contributed by atoms with Crippen LogP contribution in [0.3, 0.4) is 0 Å². The summed E-state index contributed by atoms with van der Waals surface area (Å²) in [4.78, 5) is 10.3. The van der Waals surface area contributed by atoms with Crippen molar-refractivity contribution in [3.8, 4) is 0 Å². The van der Waals surface area contributed by atoms with Crippen LogP contribution < -0.4 is 9.62 Å². The second-order valence-corrected chi connectivity index (χ2v) is 10.6. The van der Waals surface area contributed by atoms with Gasteiger partial charge in [-0.3, -0.25) is 0 Å². The van der Waals surface area contributed by atoms with Gasteiger partial charge in [0.2, 0.25) is 10.0 Å². The maximum absolute atomic E-state index is 13.2. The van der Waals surface area contributed by atoms with Crippen LogP contribution in [0.4, 0.5) is 19.0 Å². The molecule has 0 bridgehead atoms. The van der Waals surface area contributed by atoms with Gasteiger partial charge in [-0.1, -0.05) is 19.3 Å². The minimum atomic E-state index is -4.44. The summed E-state index contributed by atoms with van der Waals surface area (Å²) in [5, 5.41) is 0.0494. The topological polar surface area (TPSA) is 75.2 Å². The first kappa shape index (κ1) is 22.3. The highest BCUT2D eigenvalue weighted by Gasteiger charge is 2.32. The molecule has 1 saturated carbocycles. The van der Waals surface area contributed by atoms with Crippen LogP contribution >= 0.6 is 0 Å². The van der Waals surface area contributed by atoms with E-state index in [1.165, 1.54) is 12.4 Å². The summed E-state index contributed by atoms with van der Waals surface area (Å²) in [6.07, 6.45) is 3.00. The minimum Gasteiger partial charge on any atom is -0.356 e. The summed E-state index contributed by atoms with van der Waals surface area (Å²) >= 11 is 0. The molecule has 1 unspecified atom stereocenters. The van der Waals surface area contributed by atoms with Crippen LogP contribution in [-0.4, -0.2) is 43.3 Å². The number of hydrogen-bond donors (Lipinski definition) is 1. The van der Waals surface area contributed by atoms with Crippen molar-refractivity contribution in [2.75, 3.05) is 24.5 Å². The van der Waals surface area contributed by atoms with Crippen LogP contribution in [0.25, 0.3) is 10.9 Å². The third kappa shape index (κ3) is 5.11. The molecule has 1 aliphatic heterocycles. The third-order valence-electron chi connectivity index (χ3n) is 6.32. The molecule has 31 heavy (non-hydrogen) atoms. The lowest BCUT2D eigenvalue weighted by molar-refractivity contribution is -0.137. The van der Waals surface area contributed by atoms with Gasteiger partial charge in [0, 0.05) is 25.0 Å². The summed E-state index contributed by atoms with van der Waals surface area (Å²) < 4.78 is 67.7. The second-order valence-electron chi connectivity index (χ2n) is 8.53. The van der Waals surface area contributed by atoms with Gasteiger partial charge in [0.15, 0.2) is 0 Å². The van der Waals surface area contributed by atoms with E-state index in [0.29, 0.717) is 49.2 Å². The van der Waals surface area contributed by atoms with Crippen LogP contribution in [-0.2, 0) is 16.2 Å². The van der Waals surface area contributed by atoms with E-state index in [-0.39, 0.29) is 11.2 Å². The fourth-order valence-corrected chi connectivity index (χ4v) is 6.28. The van der Waals surface area contributed by atoms with Crippen LogP contribution in [0.5, 0.6) is 0 Å². The quantitative estimate of drug-likeness (QED) is 0.733. The number of hydrogen-bond acceptors (Lipinski definition) is 5. The van der Waals surface area contributed by atoms with E-state index < -0.39 is 21.8 Å². The van der Waals surface area contributed by atoms with Crippen LogP contribution in [0.1, 0.15) is 50.5 Å². The molecule has 10 heteroatoms. The number of rotatable bonds is 5.